The Labute approximate surface area is 102 Å². The molecule has 1 atom stereocenters. The van der Waals surface area contributed by atoms with E-state index in [4.69, 9.17) is 4.42 Å². The summed E-state index contributed by atoms with van der Waals surface area (Å²) < 4.78 is 31.8. The van der Waals surface area contributed by atoms with Gasteiger partial charge in [0.05, 0.1) is 6.54 Å². The highest BCUT2D eigenvalue weighted by Gasteiger charge is 2.48. The largest absolute Gasteiger partial charge is 0.447 e. The number of rotatable bonds is 5. The first-order chi connectivity index (χ1) is 7.85. The molecule has 0 spiro atoms. The first kappa shape index (κ1) is 12.6. The molecule has 1 aromatic rings. The maximum absolute atomic E-state index is 12.0. The second kappa shape index (κ2) is 4.12. The first-order valence-corrected chi connectivity index (χ1v) is 7.09. The number of sulfonamides is 1. The maximum Gasteiger partial charge on any atom is 0.274 e. The van der Waals surface area contributed by atoms with Crippen LogP contribution in [0.2, 0.25) is 0 Å². The van der Waals surface area contributed by atoms with Crippen molar-refractivity contribution in [1.82, 2.24) is 10.0 Å². The summed E-state index contributed by atoms with van der Waals surface area (Å²) in [6.45, 7) is 4.59. The van der Waals surface area contributed by atoms with Gasteiger partial charge in [-0.3, -0.25) is 0 Å². The molecule has 96 valence electrons. The molecule has 17 heavy (non-hydrogen) atoms. The predicted molar refractivity (Wildman–Crippen MR) is 64.0 cm³/mol. The van der Waals surface area contributed by atoms with Crippen molar-refractivity contribution in [3.63, 3.8) is 0 Å². The minimum absolute atomic E-state index is 0.00884. The highest BCUT2D eigenvalue weighted by Crippen LogP contribution is 2.45. The van der Waals surface area contributed by atoms with Crippen molar-refractivity contribution >= 4 is 10.0 Å². The molecular weight excluding hydrogens is 240 g/mol. The van der Waals surface area contributed by atoms with E-state index < -0.39 is 10.0 Å². The summed E-state index contributed by atoms with van der Waals surface area (Å²) in [6.07, 6.45) is 0.871. The van der Waals surface area contributed by atoms with Gasteiger partial charge in [0.25, 0.3) is 10.0 Å². The van der Waals surface area contributed by atoms with Gasteiger partial charge in [-0.25, -0.2) is 13.1 Å². The van der Waals surface area contributed by atoms with Crippen LogP contribution in [0.5, 0.6) is 0 Å². The lowest BCUT2D eigenvalue weighted by Gasteiger charge is -2.05. The molecule has 0 amide bonds. The van der Waals surface area contributed by atoms with E-state index >= 15 is 0 Å². The predicted octanol–water partition coefficient (Wildman–Crippen LogP) is 1.08. The number of nitrogens with one attached hydrogen (secondary N) is 2. The second-order valence-corrected chi connectivity index (χ2v) is 6.76. The van der Waals surface area contributed by atoms with E-state index in [2.05, 4.69) is 10.0 Å². The van der Waals surface area contributed by atoms with Gasteiger partial charge in [-0.05, 0) is 31.0 Å². The van der Waals surface area contributed by atoms with Crippen molar-refractivity contribution in [3.8, 4) is 0 Å². The van der Waals surface area contributed by atoms with Gasteiger partial charge in [0.2, 0.25) is 5.09 Å². The van der Waals surface area contributed by atoms with Gasteiger partial charge in [0.15, 0.2) is 0 Å². The molecule has 0 radical (unpaired) electrons. The van der Waals surface area contributed by atoms with Crippen LogP contribution in [-0.4, -0.2) is 21.5 Å². The molecule has 1 heterocycles. The Morgan fingerprint density at radius 1 is 1.47 bits per heavy atom. The third-order valence-electron chi connectivity index (χ3n) is 3.06. The van der Waals surface area contributed by atoms with Crippen LogP contribution in [0, 0.1) is 5.41 Å². The van der Waals surface area contributed by atoms with Crippen LogP contribution in [0.4, 0.5) is 0 Å². The zero-order chi connectivity index (χ0) is 12.7. The SMILES string of the molecule is CNCc1ccc(S(=O)(=O)NC2CC2(C)C)o1. The van der Waals surface area contributed by atoms with Gasteiger partial charge in [-0.1, -0.05) is 13.8 Å². The molecule has 1 unspecified atom stereocenters. The van der Waals surface area contributed by atoms with E-state index in [1.165, 1.54) is 6.07 Å². The summed E-state index contributed by atoms with van der Waals surface area (Å²) in [7, 11) is -1.73. The van der Waals surface area contributed by atoms with Crippen LogP contribution in [0.25, 0.3) is 0 Å². The summed E-state index contributed by atoms with van der Waals surface area (Å²) in [6, 6.07) is 3.18. The van der Waals surface area contributed by atoms with Crippen molar-refractivity contribution in [2.75, 3.05) is 7.05 Å². The van der Waals surface area contributed by atoms with Crippen molar-refractivity contribution in [3.05, 3.63) is 17.9 Å². The summed E-state index contributed by atoms with van der Waals surface area (Å²) >= 11 is 0. The lowest BCUT2D eigenvalue weighted by molar-refractivity contribution is 0.403. The summed E-state index contributed by atoms with van der Waals surface area (Å²) in [4.78, 5) is 0. The third-order valence-corrected chi connectivity index (χ3v) is 4.41. The Hall–Kier alpha value is -0.850. The summed E-state index contributed by atoms with van der Waals surface area (Å²) in [5.74, 6) is 0.614. The average molecular weight is 258 g/mol. The molecule has 1 aliphatic rings. The smallest absolute Gasteiger partial charge is 0.274 e. The topological polar surface area (TPSA) is 71.3 Å². The maximum atomic E-state index is 12.0. The van der Waals surface area contributed by atoms with Gasteiger partial charge >= 0.3 is 0 Å². The minimum Gasteiger partial charge on any atom is -0.447 e. The quantitative estimate of drug-likeness (QED) is 0.829. The van der Waals surface area contributed by atoms with Crippen LogP contribution >= 0.6 is 0 Å². The highest BCUT2D eigenvalue weighted by molar-refractivity contribution is 7.89. The van der Waals surface area contributed by atoms with Crippen LogP contribution in [-0.2, 0) is 16.6 Å². The molecule has 1 fully saturated rings. The first-order valence-electron chi connectivity index (χ1n) is 5.61. The number of furan rings is 1. The Bertz CT molecular complexity index is 505. The molecule has 6 heteroatoms. The van der Waals surface area contributed by atoms with E-state index in [1.807, 2.05) is 13.8 Å². The molecule has 1 saturated carbocycles. The van der Waals surface area contributed by atoms with Gasteiger partial charge in [-0.15, -0.1) is 0 Å². The van der Waals surface area contributed by atoms with Crippen molar-refractivity contribution in [2.24, 2.45) is 5.41 Å². The van der Waals surface area contributed by atoms with Crippen molar-refractivity contribution in [2.45, 2.75) is 37.9 Å². The Kier molecular flexibility index (Phi) is 3.05. The van der Waals surface area contributed by atoms with E-state index in [-0.39, 0.29) is 16.5 Å². The Morgan fingerprint density at radius 2 is 2.12 bits per heavy atom. The Morgan fingerprint density at radius 3 is 2.65 bits per heavy atom. The lowest BCUT2D eigenvalue weighted by Crippen LogP contribution is -2.28. The zero-order valence-electron chi connectivity index (χ0n) is 10.3. The molecule has 0 saturated heterocycles. The van der Waals surface area contributed by atoms with Gasteiger partial charge in [0, 0.05) is 6.04 Å². The standard InChI is InChI=1S/C11H18N2O3S/c1-11(2)6-9(11)13-17(14,15)10-5-4-8(16-10)7-12-3/h4-5,9,12-13H,6-7H2,1-3H3. The van der Waals surface area contributed by atoms with Crippen LogP contribution < -0.4 is 10.0 Å². The lowest BCUT2D eigenvalue weighted by atomic mass is 10.2. The molecule has 0 aliphatic heterocycles. The van der Waals surface area contributed by atoms with Gasteiger partial charge < -0.3 is 9.73 Å². The second-order valence-electron chi connectivity index (χ2n) is 5.12. The summed E-state index contributed by atoms with van der Waals surface area (Å²) in [5, 5.41) is 2.90. The van der Waals surface area contributed by atoms with E-state index in [9.17, 15) is 8.42 Å². The number of hydrogen-bond acceptors (Lipinski definition) is 4. The van der Waals surface area contributed by atoms with E-state index in [0.717, 1.165) is 6.42 Å². The van der Waals surface area contributed by atoms with Crippen molar-refractivity contribution in [1.29, 1.82) is 0 Å². The minimum atomic E-state index is -3.51. The molecule has 2 rings (SSSR count). The van der Waals surface area contributed by atoms with Crippen LogP contribution in [0.3, 0.4) is 0 Å². The van der Waals surface area contributed by atoms with Crippen LogP contribution in [0.15, 0.2) is 21.6 Å². The zero-order valence-corrected chi connectivity index (χ0v) is 11.1. The fourth-order valence-electron chi connectivity index (χ4n) is 1.69. The molecule has 2 N–H and O–H groups in total. The molecule has 1 aromatic heterocycles. The van der Waals surface area contributed by atoms with Gasteiger partial charge in [0.1, 0.15) is 5.76 Å². The normalized spacial score (nSPS) is 22.6. The molecule has 0 aromatic carbocycles. The number of hydrogen-bond donors (Lipinski definition) is 2. The molecule has 1 aliphatic carbocycles. The Balaban J connectivity index is 2.09. The molecule has 0 bridgehead atoms. The highest BCUT2D eigenvalue weighted by atomic mass is 32.2. The third kappa shape index (κ3) is 2.70. The fraction of sp³-hybridized carbons (Fsp3) is 0.636. The fourth-order valence-corrected chi connectivity index (χ4v) is 3.04. The summed E-state index contributed by atoms with van der Waals surface area (Å²) in [5.41, 5.74) is 0.0630. The van der Waals surface area contributed by atoms with Gasteiger partial charge in [-0.2, -0.15) is 0 Å². The van der Waals surface area contributed by atoms with Crippen LogP contribution in [0.1, 0.15) is 26.0 Å². The molecule has 5 nitrogen and oxygen atoms in total. The van der Waals surface area contributed by atoms with E-state index in [0.29, 0.717) is 12.3 Å². The molecular formula is C11H18N2O3S. The van der Waals surface area contributed by atoms with Crippen molar-refractivity contribution < 1.29 is 12.8 Å². The monoisotopic (exact) mass is 258 g/mol. The van der Waals surface area contributed by atoms with E-state index in [1.54, 1.807) is 13.1 Å². The average Bonchev–Trinajstić information content (AvgIpc) is 2.66.